The van der Waals surface area contributed by atoms with Gasteiger partial charge in [0.05, 0.1) is 19.1 Å². The first-order valence-corrected chi connectivity index (χ1v) is 13.3. The van der Waals surface area contributed by atoms with Crippen molar-refractivity contribution >= 4 is 23.7 Å². The highest BCUT2D eigenvalue weighted by atomic mass is 19.1. The first-order chi connectivity index (χ1) is 17.8. The van der Waals surface area contributed by atoms with Crippen molar-refractivity contribution in [3.05, 3.63) is 35.6 Å². The van der Waals surface area contributed by atoms with Crippen LogP contribution in [0.5, 0.6) is 0 Å². The fourth-order valence-electron chi connectivity index (χ4n) is 5.76. The Bertz CT molecular complexity index is 1040. The summed E-state index contributed by atoms with van der Waals surface area (Å²) < 4.78 is 25.0. The van der Waals surface area contributed by atoms with Crippen molar-refractivity contribution < 1.29 is 33.0 Å². The third-order valence-electron chi connectivity index (χ3n) is 8.07. The molecule has 37 heavy (non-hydrogen) atoms. The molecular formula is C27H34FN3O6. The van der Waals surface area contributed by atoms with Crippen LogP contribution in [0.1, 0.15) is 55.8 Å². The number of hydrogen-bond acceptors (Lipinski definition) is 6. The topological polar surface area (TPSA) is 96.5 Å². The van der Waals surface area contributed by atoms with Crippen molar-refractivity contribution in [2.75, 3.05) is 39.4 Å². The molecule has 9 nitrogen and oxygen atoms in total. The van der Waals surface area contributed by atoms with Crippen LogP contribution in [-0.2, 0) is 23.9 Å². The Labute approximate surface area is 215 Å². The predicted octanol–water partition coefficient (Wildman–Crippen LogP) is 2.20. The van der Waals surface area contributed by atoms with E-state index in [2.05, 4.69) is 0 Å². The second-order valence-electron chi connectivity index (χ2n) is 10.4. The van der Waals surface area contributed by atoms with E-state index in [1.54, 1.807) is 16.7 Å². The molecule has 10 heteroatoms. The molecule has 1 aromatic rings. The number of hydrogen-bond donors (Lipinski definition) is 0. The smallest absolute Gasteiger partial charge is 0.309 e. The summed E-state index contributed by atoms with van der Waals surface area (Å²) in [5.41, 5.74) is -0.725. The fourth-order valence-corrected chi connectivity index (χ4v) is 5.76. The Balaban J connectivity index is 1.34. The van der Waals surface area contributed by atoms with Gasteiger partial charge in [0.15, 0.2) is 0 Å². The maximum atomic E-state index is 13.8. The summed E-state index contributed by atoms with van der Waals surface area (Å²) in [7, 11) is 0. The van der Waals surface area contributed by atoms with Gasteiger partial charge in [0, 0.05) is 50.5 Å². The van der Waals surface area contributed by atoms with Crippen LogP contribution in [0, 0.1) is 17.7 Å². The lowest BCUT2D eigenvalue weighted by Gasteiger charge is -2.45. The number of piperidine rings is 2. The molecule has 3 heterocycles. The minimum atomic E-state index is -1.00. The number of likely N-dealkylation sites (tertiary alicyclic amines) is 2. The molecule has 3 saturated heterocycles. The highest BCUT2D eigenvalue weighted by Crippen LogP contribution is 2.41. The fraction of sp³-hybridized carbons (Fsp3) is 0.630. The van der Waals surface area contributed by atoms with E-state index >= 15 is 0 Å². The Hall–Kier alpha value is -3.01. The maximum Gasteiger partial charge on any atom is 0.309 e. The van der Waals surface area contributed by atoms with Crippen molar-refractivity contribution in [2.45, 2.75) is 57.2 Å². The van der Waals surface area contributed by atoms with Gasteiger partial charge < -0.3 is 19.3 Å². The van der Waals surface area contributed by atoms with Crippen LogP contribution >= 0.6 is 0 Å². The third-order valence-corrected chi connectivity index (χ3v) is 8.07. The normalized spacial score (nSPS) is 23.8. The summed E-state index contributed by atoms with van der Waals surface area (Å²) in [6.07, 6.45) is 3.69. The number of carbonyl (C=O) groups is 4. The molecule has 0 N–H and O–H groups in total. The summed E-state index contributed by atoms with van der Waals surface area (Å²) in [6.45, 7) is 3.85. The standard InChI is InChI=1S/C27H34FN3O6/c1-2-36-26(35)20-9-13-29(14-10-20)25(34)22-17-37-27(11-15-30(16-12-27)23(32)18-3-4-18)31(22)24(33)19-5-7-21(28)8-6-19/h5-8,18,20,22H,2-4,9-17H2,1H3/t22-/m0/s1. The molecule has 4 aliphatic rings. The van der Waals surface area contributed by atoms with E-state index in [4.69, 9.17) is 9.47 Å². The first-order valence-electron chi connectivity index (χ1n) is 13.3. The molecule has 4 fully saturated rings. The van der Waals surface area contributed by atoms with Crippen LogP contribution in [0.25, 0.3) is 0 Å². The quantitative estimate of drug-likeness (QED) is 0.558. The van der Waals surface area contributed by atoms with Crippen LogP contribution < -0.4 is 0 Å². The highest BCUT2D eigenvalue weighted by molar-refractivity contribution is 5.98. The van der Waals surface area contributed by atoms with Gasteiger partial charge >= 0.3 is 5.97 Å². The van der Waals surface area contributed by atoms with Gasteiger partial charge in [-0.1, -0.05) is 0 Å². The molecule has 200 valence electrons. The number of amides is 3. The van der Waals surface area contributed by atoms with Crippen LogP contribution in [0.4, 0.5) is 4.39 Å². The molecular weight excluding hydrogens is 481 g/mol. The van der Waals surface area contributed by atoms with Gasteiger partial charge in [-0.3, -0.25) is 24.1 Å². The largest absolute Gasteiger partial charge is 0.466 e. The van der Waals surface area contributed by atoms with Crippen LogP contribution in [-0.4, -0.2) is 89.6 Å². The van der Waals surface area contributed by atoms with E-state index in [0.717, 1.165) is 12.8 Å². The van der Waals surface area contributed by atoms with Gasteiger partial charge in [0.25, 0.3) is 5.91 Å². The molecule has 3 amide bonds. The monoisotopic (exact) mass is 515 g/mol. The maximum absolute atomic E-state index is 13.8. The summed E-state index contributed by atoms with van der Waals surface area (Å²) in [5.74, 6) is -1.26. The van der Waals surface area contributed by atoms with E-state index in [-0.39, 0.29) is 47.7 Å². The SMILES string of the molecule is CCOC(=O)C1CCN(C(=O)[C@@H]2COC3(CCN(C(=O)C4CC4)CC3)N2C(=O)c2ccc(F)cc2)CC1. The van der Waals surface area contributed by atoms with E-state index < -0.39 is 17.6 Å². The summed E-state index contributed by atoms with van der Waals surface area (Å²) in [4.78, 5) is 57.3. The molecule has 1 aromatic carbocycles. The van der Waals surface area contributed by atoms with Gasteiger partial charge in [0.2, 0.25) is 11.8 Å². The zero-order chi connectivity index (χ0) is 26.2. The lowest BCUT2D eigenvalue weighted by molar-refractivity contribution is -0.152. The third kappa shape index (κ3) is 5.08. The summed E-state index contributed by atoms with van der Waals surface area (Å²) in [6, 6.07) is 4.46. The number of ether oxygens (including phenoxy) is 2. The lowest BCUT2D eigenvalue weighted by atomic mass is 9.95. The van der Waals surface area contributed by atoms with Gasteiger partial charge in [0.1, 0.15) is 17.6 Å². The Morgan fingerprint density at radius 3 is 2.14 bits per heavy atom. The van der Waals surface area contributed by atoms with Crippen molar-refractivity contribution in [1.82, 2.24) is 14.7 Å². The molecule has 1 atom stereocenters. The number of halogens is 1. The molecule has 1 saturated carbocycles. The van der Waals surface area contributed by atoms with Crippen molar-refractivity contribution in [2.24, 2.45) is 11.8 Å². The predicted molar refractivity (Wildman–Crippen MR) is 130 cm³/mol. The minimum absolute atomic E-state index is 0.0557. The highest BCUT2D eigenvalue weighted by Gasteiger charge is 2.55. The second-order valence-corrected chi connectivity index (χ2v) is 10.4. The lowest BCUT2D eigenvalue weighted by Crippen LogP contribution is -2.60. The zero-order valence-corrected chi connectivity index (χ0v) is 21.2. The van der Waals surface area contributed by atoms with E-state index in [0.29, 0.717) is 58.5 Å². The van der Waals surface area contributed by atoms with Crippen molar-refractivity contribution in [3.63, 3.8) is 0 Å². The average Bonchev–Trinajstić information content (AvgIpc) is 3.71. The zero-order valence-electron chi connectivity index (χ0n) is 21.2. The van der Waals surface area contributed by atoms with Crippen molar-refractivity contribution in [1.29, 1.82) is 0 Å². The Kier molecular flexibility index (Phi) is 7.20. The molecule has 0 bridgehead atoms. The average molecular weight is 516 g/mol. The van der Waals surface area contributed by atoms with Gasteiger partial charge in [-0.2, -0.15) is 0 Å². The van der Waals surface area contributed by atoms with Gasteiger partial charge in [-0.05, 0) is 56.9 Å². The van der Waals surface area contributed by atoms with Gasteiger partial charge in [-0.15, -0.1) is 0 Å². The molecule has 3 aliphatic heterocycles. The minimum Gasteiger partial charge on any atom is -0.466 e. The van der Waals surface area contributed by atoms with E-state index in [9.17, 15) is 23.6 Å². The first kappa shape index (κ1) is 25.6. The Morgan fingerprint density at radius 1 is 0.919 bits per heavy atom. The molecule has 1 spiro atoms. The van der Waals surface area contributed by atoms with Crippen LogP contribution in [0.15, 0.2) is 24.3 Å². The summed E-state index contributed by atoms with van der Waals surface area (Å²) >= 11 is 0. The Morgan fingerprint density at radius 2 is 1.54 bits per heavy atom. The van der Waals surface area contributed by atoms with E-state index in [1.165, 1.54) is 24.3 Å². The van der Waals surface area contributed by atoms with Crippen LogP contribution in [0.2, 0.25) is 0 Å². The molecule has 5 rings (SSSR count). The molecule has 1 aliphatic carbocycles. The molecule has 0 unspecified atom stereocenters. The van der Waals surface area contributed by atoms with Crippen LogP contribution in [0.3, 0.4) is 0 Å². The number of carbonyl (C=O) groups excluding carboxylic acids is 4. The van der Waals surface area contributed by atoms with Crippen molar-refractivity contribution in [3.8, 4) is 0 Å². The number of nitrogens with zero attached hydrogens (tertiary/aromatic N) is 3. The summed E-state index contributed by atoms with van der Waals surface area (Å²) in [5, 5.41) is 0. The van der Waals surface area contributed by atoms with Gasteiger partial charge in [-0.25, -0.2) is 4.39 Å². The van der Waals surface area contributed by atoms with E-state index in [1.807, 2.05) is 4.90 Å². The molecule has 0 radical (unpaired) electrons. The number of rotatable bonds is 5. The number of benzene rings is 1. The second kappa shape index (κ2) is 10.4. The molecule has 0 aromatic heterocycles. The number of esters is 1.